The number of benzene rings is 1. The van der Waals surface area contributed by atoms with Gasteiger partial charge in [0.05, 0.1) is 19.8 Å². The number of piperidine rings is 1. The first-order valence-corrected chi connectivity index (χ1v) is 6.99. The number of hydrogen-bond acceptors (Lipinski definition) is 3. The Balaban J connectivity index is 1.70. The first-order valence-electron chi connectivity index (χ1n) is 6.61. The maximum absolute atomic E-state index is 13.3. The minimum atomic E-state index is -0.446. The second kappa shape index (κ2) is 5.37. The molecular weight excluding hydrogens is 269 g/mol. The molecule has 0 N–H and O–H groups in total. The molecule has 0 aromatic heterocycles. The molecule has 0 saturated carbocycles. The van der Waals surface area contributed by atoms with E-state index in [0.29, 0.717) is 24.8 Å². The van der Waals surface area contributed by atoms with Gasteiger partial charge in [-0.15, -0.1) is 0 Å². The molecule has 5 heteroatoms. The van der Waals surface area contributed by atoms with Gasteiger partial charge in [0.2, 0.25) is 0 Å². The molecule has 0 radical (unpaired) electrons. The van der Waals surface area contributed by atoms with Crippen LogP contribution in [0.1, 0.15) is 18.4 Å². The van der Waals surface area contributed by atoms with E-state index in [-0.39, 0.29) is 5.82 Å². The van der Waals surface area contributed by atoms with E-state index in [1.165, 1.54) is 12.1 Å². The Bertz CT molecular complexity index is 463. The molecule has 2 aliphatic heterocycles. The van der Waals surface area contributed by atoms with Crippen molar-refractivity contribution in [2.75, 3.05) is 26.3 Å². The molecule has 1 aromatic rings. The first-order chi connectivity index (χ1) is 9.17. The van der Waals surface area contributed by atoms with Crippen LogP contribution in [0.4, 0.5) is 4.39 Å². The van der Waals surface area contributed by atoms with Crippen molar-refractivity contribution in [2.45, 2.75) is 25.2 Å². The number of rotatable bonds is 2. The summed E-state index contributed by atoms with van der Waals surface area (Å²) in [6.45, 7) is 3.63. The third-order valence-electron chi connectivity index (χ3n) is 3.71. The summed E-state index contributed by atoms with van der Waals surface area (Å²) >= 11 is 6.11. The quantitative estimate of drug-likeness (QED) is 0.834. The second-order valence-electron chi connectivity index (χ2n) is 5.16. The molecule has 104 valence electrons. The maximum atomic E-state index is 13.3. The predicted molar refractivity (Wildman–Crippen MR) is 70.6 cm³/mol. The van der Waals surface area contributed by atoms with Gasteiger partial charge in [-0.1, -0.05) is 11.6 Å². The molecule has 0 atom stereocenters. The summed E-state index contributed by atoms with van der Waals surface area (Å²) in [5.41, 5.74) is 0.816. The smallest absolute Gasteiger partial charge is 0.181 e. The Morgan fingerprint density at radius 2 is 2.11 bits per heavy atom. The summed E-state index contributed by atoms with van der Waals surface area (Å²) < 4.78 is 24.7. The van der Waals surface area contributed by atoms with Gasteiger partial charge in [0.15, 0.2) is 5.79 Å². The van der Waals surface area contributed by atoms with Gasteiger partial charge >= 0.3 is 0 Å². The van der Waals surface area contributed by atoms with Crippen LogP contribution in [0, 0.1) is 5.82 Å². The zero-order valence-corrected chi connectivity index (χ0v) is 11.5. The molecule has 0 amide bonds. The Morgan fingerprint density at radius 3 is 2.89 bits per heavy atom. The number of ether oxygens (including phenoxy) is 2. The highest BCUT2D eigenvalue weighted by atomic mass is 35.5. The number of halogens is 2. The lowest BCUT2D eigenvalue weighted by Gasteiger charge is -2.38. The Labute approximate surface area is 117 Å². The van der Waals surface area contributed by atoms with Crippen LogP contribution in [0.15, 0.2) is 18.2 Å². The minimum absolute atomic E-state index is 0.250. The van der Waals surface area contributed by atoms with Crippen LogP contribution >= 0.6 is 11.6 Å². The van der Waals surface area contributed by atoms with Crippen molar-refractivity contribution >= 4 is 11.6 Å². The molecule has 19 heavy (non-hydrogen) atoms. The van der Waals surface area contributed by atoms with Gasteiger partial charge in [0, 0.05) is 18.0 Å². The molecule has 2 saturated heterocycles. The molecule has 0 aliphatic carbocycles. The highest BCUT2D eigenvalue weighted by molar-refractivity contribution is 6.31. The van der Waals surface area contributed by atoms with Crippen LogP contribution in [0.3, 0.4) is 0 Å². The number of likely N-dealkylation sites (tertiary alicyclic amines) is 1. The standard InChI is InChI=1S/C14H17ClFNO2/c15-13-3-2-12(16)8-11(13)9-17-5-1-4-14(10-17)18-6-7-19-14/h2-3,8H,1,4-7,9-10H2. The van der Waals surface area contributed by atoms with Crippen LogP contribution < -0.4 is 0 Å². The summed E-state index contributed by atoms with van der Waals surface area (Å²) in [6.07, 6.45) is 1.95. The van der Waals surface area contributed by atoms with Crippen LogP contribution in [0.5, 0.6) is 0 Å². The lowest BCUT2D eigenvalue weighted by molar-refractivity contribution is -0.190. The van der Waals surface area contributed by atoms with Gasteiger partial charge in [0.1, 0.15) is 5.82 Å². The van der Waals surface area contributed by atoms with Gasteiger partial charge in [-0.25, -0.2) is 4.39 Å². The minimum Gasteiger partial charge on any atom is -0.346 e. The molecule has 3 rings (SSSR count). The molecule has 1 spiro atoms. The van der Waals surface area contributed by atoms with E-state index in [0.717, 1.165) is 31.5 Å². The van der Waals surface area contributed by atoms with Gasteiger partial charge in [-0.3, -0.25) is 4.90 Å². The fourth-order valence-corrected chi connectivity index (χ4v) is 3.02. The normalized spacial score (nSPS) is 23.1. The van der Waals surface area contributed by atoms with Crippen LogP contribution in [-0.4, -0.2) is 37.0 Å². The van der Waals surface area contributed by atoms with Gasteiger partial charge in [0.25, 0.3) is 0 Å². The maximum Gasteiger partial charge on any atom is 0.181 e. The number of hydrogen-bond donors (Lipinski definition) is 0. The highest BCUT2D eigenvalue weighted by Crippen LogP contribution is 2.31. The predicted octanol–water partition coefficient (Wildman–Crippen LogP) is 2.82. The third-order valence-corrected chi connectivity index (χ3v) is 4.08. The highest BCUT2D eigenvalue weighted by Gasteiger charge is 2.40. The van der Waals surface area contributed by atoms with Gasteiger partial charge in [-0.05, 0) is 36.7 Å². The lowest BCUT2D eigenvalue weighted by atomic mass is 10.0. The van der Waals surface area contributed by atoms with E-state index in [9.17, 15) is 4.39 Å². The van der Waals surface area contributed by atoms with Crippen molar-refractivity contribution in [3.63, 3.8) is 0 Å². The zero-order chi connectivity index (χ0) is 13.3. The second-order valence-corrected chi connectivity index (χ2v) is 5.56. The Kier molecular flexibility index (Phi) is 3.76. The molecule has 3 nitrogen and oxygen atoms in total. The SMILES string of the molecule is Fc1ccc(Cl)c(CN2CCCC3(C2)OCCO3)c1. The fourth-order valence-electron chi connectivity index (χ4n) is 2.84. The fraction of sp³-hybridized carbons (Fsp3) is 0.571. The van der Waals surface area contributed by atoms with E-state index < -0.39 is 5.79 Å². The van der Waals surface area contributed by atoms with Crippen molar-refractivity contribution in [1.29, 1.82) is 0 Å². The van der Waals surface area contributed by atoms with Gasteiger partial charge in [-0.2, -0.15) is 0 Å². The molecule has 2 fully saturated rings. The molecule has 0 unspecified atom stereocenters. The van der Waals surface area contributed by atoms with Crippen LogP contribution in [-0.2, 0) is 16.0 Å². The lowest BCUT2D eigenvalue weighted by Crippen LogP contribution is -2.48. The van der Waals surface area contributed by atoms with Crippen molar-refractivity contribution < 1.29 is 13.9 Å². The van der Waals surface area contributed by atoms with Crippen LogP contribution in [0.2, 0.25) is 5.02 Å². The summed E-state index contributed by atoms with van der Waals surface area (Å²) in [6, 6.07) is 4.49. The number of nitrogens with zero attached hydrogens (tertiary/aromatic N) is 1. The van der Waals surface area contributed by atoms with Crippen LogP contribution in [0.25, 0.3) is 0 Å². The zero-order valence-electron chi connectivity index (χ0n) is 10.7. The molecule has 1 aromatic carbocycles. The average molecular weight is 286 g/mol. The van der Waals surface area contributed by atoms with E-state index in [2.05, 4.69) is 4.90 Å². The van der Waals surface area contributed by atoms with Crippen molar-refractivity contribution in [2.24, 2.45) is 0 Å². The molecule has 2 aliphatic rings. The first kappa shape index (κ1) is 13.3. The molecular formula is C14H17ClFNO2. The van der Waals surface area contributed by atoms with Crippen molar-refractivity contribution in [1.82, 2.24) is 4.90 Å². The topological polar surface area (TPSA) is 21.7 Å². The average Bonchev–Trinajstić information content (AvgIpc) is 2.82. The monoisotopic (exact) mass is 285 g/mol. The Morgan fingerprint density at radius 1 is 1.32 bits per heavy atom. The van der Waals surface area contributed by atoms with Gasteiger partial charge < -0.3 is 9.47 Å². The summed E-state index contributed by atoms with van der Waals surface area (Å²) in [5, 5.41) is 0.606. The van der Waals surface area contributed by atoms with E-state index in [4.69, 9.17) is 21.1 Å². The van der Waals surface area contributed by atoms with Crippen molar-refractivity contribution in [3.8, 4) is 0 Å². The molecule has 0 bridgehead atoms. The summed E-state index contributed by atoms with van der Waals surface area (Å²) in [4.78, 5) is 2.22. The Hall–Kier alpha value is -0.680. The third kappa shape index (κ3) is 2.92. The van der Waals surface area contributed by atoms with E-state index in [1.807, 2.05) is 0 Å². The summed E-state index contributed by atoms with van der Waals surface area (Å²) in [5.74, 6) is -0.697. The summed E-state index contributed by atoms with van der Waals surface area (Å²) in [7, 11) is 0. The van der Waals surface area contributed by atoms with Crippen molar-refractivity contribution in [3.05, 3.63) is 34.6 Å². The van der Waals surface area contributed by atoms with E-state index in [1.54, 1.807) is 6.07 Å². The largest absolute Gasteiger partial charge is 0.346 e. The van der Waals surface area contributed by atoms with E-state index >= 15 is 0 Å². The molecule has 2 heterocycles.